The largest absolute Gasteiger partial charge is 0.356 e. The summed E-state index contributed by atoms with van der Waals surface area (Å²) in [5.41, 5.74) is 1.78. The molecule has 1 heterocycles. The van der Waals surface area contributed by atoms with Crippen LogP contribution in [0.5, 0.6) is 0 Å². The Morgan fingerprint density at radius 3 is 2.45 bits per heavy atom. The third kappa shape index (κ3) is 7.02. The van der Waals surface area contributed by atoms with E-state index in [0.717, 1.165) is 22.8 Å². The number of guanidine groups is 1. The molecule has 166 valence electrons. The molecule has 1 aromatic heterocycles. The van der Waals surface area contributed by atoms with Crippen LogP contribution in [0.3, 0.4) is 0 Å². The van der Waals surface area contributed by atoms with E-state index in [1.807, 2.05) is 54.9 Å². The van der Waals surface area contributed by atoms with E-state index in [9.17, 15) is 4.39 Å². The summed E-state index contributed by atoms with van der Waals surface area (Å²) in [5.74, 6) is 2.12. The highest BCUT2D eigenvalue weighted by Crippen LogP contribution is 2.22. The third-order valence-electron chi connectivity index (χ3n) is 5.16. The summed E-state index contributed by atoms with van der Waals surface area (Å²) in [5, 5.41) is 15.0. The van der Waals surface area contributed by atoms with E-state index in [-0.39, 0.29) is 35.2 Å². The number of benzene rings is 2. The first-order valence-electron chi connectivity index (χ1n) is 10.0. The first-order chi connectivity index (χ1) is 14.3. The molecule has 31 heavy (non-hydrogen) atoms. The molecule has 2 aromatic carbocycles. The lowest BCUT2D eigenvalue weighted by molar-refractivity contribution is 0.502. The number of nitrogens with one attached hydrogen (secondary N) is 2. The Morgan fingerprint density at radius 1 is 1.06 bits per heavy atom. The number of aliphatic imine (C=N–C) groups is 1. The van der Waals surface area contributed by atoms with E-state index in [2.05, 4.69) is 34.7 Å². The van der Waals surface area contributed by atoms with Gasteiger partial charge in [0.1, 0.15) is 11.6 Å². The van der Waals surface area contributed by atoms with Crippen molar-refractivity contribution >= 4 is 29.9 Å². The first kappa shape index (κ1) is 24.8. The molecule has 6 nitrogen and oxygen atoms in total. The Balaban J connectivity index is 0.00000341. The summed E-state index contributed by atoms with van der Waals surface area (Å²) in [6.07, 6.45) is 0. The molecule has 0 aliphatic rings. The maximum Gasteiger partial charge on any atom is 0.192 e. The summed E-state index contributed by atoms with van der Waals surface area (Å²) >= 11 is 0. The van der Waals surface area contributed by atoms with Crippen LogP contribution < -0.4 is 10.6 Å². The van der Waals surface area contributed by atoms with Gasteiger partial charge >= 0.3 is 0 Å². The first-order valence-corrected chi connectivity index (χ1v) is 10.0. The van der Waals surface area contributed by atoms with E-state index < -0.39 is 0 Å². The molecule has 0 unspecified atom stereocenters. The number of hydrogen-bond donors (Lipinski definition) is 2. The molecule has 3 aromatic rings. The summed E-state index contributed by atoms with van der Waals surface area (Å²) in [7, 11) is 1.94. The minimum atomic E-state index is -0.279. The predicted octanol–water partition coefficient (Wildman–Crippen LogP) is 4.09. The van der Waals surface area contributed by atoms with Gasteiger partial charge in [0.15, 0.2) is 11.8 Å². The topological polar surface area (TPSA) is 67.1 Å². The van der Waals surface area contributed by atoms with E-state index >= 15 is 0 Å². The molecule has 0 fully saturated rings. The van der Waals surface area contributed by atoms with Crippen LogP contribution in [0.25, 0.3) is 0 Å². The SMILES string of the molecule is Cc1nnc(CNC(=NCc2ccccc2)NCC(C)(C)c2cccc(F)c2)n1C.I. The van der Waals surface area contributed by atoms with Crippen molar-refractivity contribution in [3.63, 3.8) is 0 Å². The predicted molar refractivity (Wildman–Crippen MR) is 133 cm³/mol. The zero-order valence-electron chi connectivity index (χ0n) is 18.4. The lowest BCUT2D eigenvalue weighted by Gasteiger charge is -2.27. The molecule has 0 aliphatic carbocycles. The summed E-state index contributed by atoms with van der Waals surface area (Å²) in [6.45, 7) is 7.72. The van der Waals surface area contributed by atoms with Crippen molar-refractivity contribution in [3.05, 3.63) is 83.2 Å². The van der Waals surface area contributed by atoms with Gasteiger partial charge in [-0.25, -0.2) is 9.38 Å². The van der Waals surface area contributed by atoms with Gasteiger partial charge in [-0.05, 0) is 30.2 Å². The molecule has 0 saturated heterocycles. The molecule has 0 bridgehead atoms. The van der Waals surface area contributed by atoms with Crippen LogP contribution in [0.4, 0.5) is 4.39 Å². The van der Waals surface area contributed by atoms with Gasteiger partial charge in [0.2, 0.25) is 0 Å². The van der Waals surface area contributed by atoms with Gasteiger partial charge in [-0.2, -0.15) is 0 Å². The summed E-state index contributed by atoms with van der Waals surface area (Å²) < 4.78 is 15.6. The van der Waals surface area contributed by atoms with Crippen molar-refractivity contribution in [1.82, 2.24) is 25.4 Å². The van der Waals surface area contributed by atoms with Gasteiger partial charge in [-0.1, -0.05) is 56.3 Å². The van der Waals surface area contributed by atoms with Crippen molar-refractivity contribution in [2.45, 2.75) is 39.3 Å². The van der Waals surface area contributed by atoms with Crippen LogP contribution in [-0.4, -0.2) is 27.3 Å². The summed E-state index contributed by atoms with van der Waals surface area (Å²) in [6, 6.07) is 16.8. The third-order valence-corrected chi connectivity index (χ3v) is 5.16. The fourth-order valence-corrected chi connectivity index (χ4v) is 3.01. The Morgan fingerprint density at radius 2 is 1.81 bits per heavy atom. The van der Waals surface area contributed by atoms with Gasteiger partial charge in [-0.3, -0.25) is 0 Å². The molecule has 0 aliphatic heterocycles. The van der Waals surface area contributed by atoms with Gasteiger partial charge in [0.05, 0.1) is 13.1 Å². The fourth-order valence-electron chi connectivity index (χ4n) is 3.01. The second-order valence-electron chi connectivity index (χ2n) is 7.97. The van der Waals surface area contributed by atoms with Gasteiger partial charge in [-0.15, -0.1) is 34.2 Å². The van der Waals surface area contributed by atoms with E-state index in [1.54, 1.807) is 12.1 Å². The molecule has 0 atom stereocenters. The average molecular weight is 536 g/mol. The lowest BCUT2D eigenvalue weighted by Crippen LogP contribution is -2.43. The highest BCUT2D eigenvalue weighted by Gasteiger charge is 2.21. The number of aromatic nitrogens is 3. The standard InChI is InChI=1S/C23H29FN6.HI/c1-17-28-29-21(30(17)4)15-26-22(25-14-18-9-6-5-7-10-18)27-16-23(2,3)19-11-8-12-20(24)13-19;/h5-13H,14-16H2,1-4H3,(H2,25,26,27);1H. The van der Waals surface area contributed by atoms with Crippen LogP contribution in [0.2, 0.25) is 0 Å². The van der Waals surface area contributed by atoms with E-state index in [1.165, 1.54) is 6.07 Å². The van der Waals surface area contributed by atoms with Gasteiger partial charge in [0, 0.05) is 19.0 Å². The number of rotatable bonds is 7. The maximum absolute atomic E-state index is 13.7. The number of aryl methyl sites for hydroxylation is 1. The normalized spacial score (nSPS) is 11.7. The van der Waals surface area contributed by atoms with Gasteiger partial charge < -0.3 is 15.2 Å². The highest BCUT2D eigenvalue weighted by atomic mass is 127. The molecule has 0 amide bonds. The second-order valence-corrected chi connectivity index (χ2v) is 7.97. The van der Waals surface area contributed by atoms with Crippen LogP contribution >= 0.6 is 24.0 Å². The highest BCUT2D eigenvalue weighted by molar-refractivity contribution is 14.0. The molecule has 2 N–H and O–H groups in total. The van der Waals surface area contributed by atoms with Crippen LogP contribution in [0, 0.1) is 12.7 Å². The molecule has 0 radical (unpaired) electrons. The molecular weight excluding hydrogens is 506 g/mol. The van der Waals surface area contributed by atoms with Gasteiger partial charge in [0.25, 0.3) is 0 Å². The molecule has 3 rings (SSSR count). The smallest absolute Gasteiger partial charge is 0.192 e. The average Bonchev–Trinajstić information content (AvgIpc) is 3.06. The minimum absolute atomic E-state index is 0. The lowest BCUT2D eigenvalue weighted by atomic mass is 9.84. The zero-order valence-corrected chi connectivity index (χ0v) is 20.7. The fraction of sp³-hybridized carbons (Fsp3) is 0.348. The Labute approximate surface area is 200 Å². The Hall–Kier alpha value is -2.49. The van der Waals surface area contributed by atoms with E-state index in [0.29, 0.717) is 25.6 Å². The van der Waals surface area contributed by atoms with Crippen molar-refractivity contribution in [2.24, 2.45) is 12.0 Å². The second kappa shape index (κ2) is 11.2. The van der Waals surface area contributed by atoms with Crippen molar-refractivity contribution in [3.8, 4) is 0 Å². The quantitative estimate of drug-likeness (QED) is 0.271. The molecule has 8 heteroatoms. The molecule has 0 spiro atoms. The monoisotopic (exact) mass is 536 g/mol. The van der Waals surface area contributed by atoms with Crippen LogP contribution in [-0.2, 0) is 25.6 Å². The van der Waals surface area contributed by atoms with Crippen LogP contribution in [0.15, 0.2) is 59.6 Å². The van der Waals surface area contributed by atoms with Crippen molar-refractivity contribution < 1.29 is 4.39 Å². The maximum atomic E-state index is 13.7. The minimum Gasteiger partial charge on any atom is -0.356 e. The number of nitrogens with zero attached hydrogens (tertiary/aromatic N) is 4. The van der Waals surface area contributed by atoms with Crippen molar-refractivity contribution in [1.29, 1.82) is 0 Å². The Kier molecular flexibility index (Phi) is 8.97. The van der Waals surface area contributed by atoms with Crippen LogP contribution in [0.1, 0.15) is 36.6 Å². The Bertz CT molecular complexity index is 1000. The summed E-state index contributed by atoms with van der Waals surface area (Å²) in [4.78, 5) is 4.72. The molecular formula is C23H30FIN6. The molecule has 0 saturated carbocycles. The van der Waals surface area contributed by atoms with E-state index in [4.69, 9.17) is 4.99 Å². The number of halogens is 2. The van der Waals surface area contributed by atoms with Crippen molar-refractivity contribution in [2.75, 3.05) is 6.54 Å². The zero-order chi connectivity index (χ0) is 21.6. The number of hydrogen-bond acceptors (Lipinski definition) is 3.